The molecule has 0 aliphatic carbocycles. The maximum Gasteiger partial charge on any atom is 0.168 e. The third-order valence-corrected chi connectivity index (χ3v) is 1.54. The Labute approximate surface area is 78.2 Å². The van der Waals surface area contributed by atoms with Crippen LogP contribution in [0.4, 0.5) is 0 Å². The summed E-state index contributed by atoms with van der Waals surface area (Å²) >= 11 is 0. The van der Waals surface area contributed by atoms with Gasteiger partial charge in [0.1, 0.15) is 11.5 Å². The van der Waals surface area contributed by atoms with Crippen molar-refractivity contribution in [3.63, 3.8) is 0 Å². The summed E-state index contributed by atoms with van der Waals surface area (Å²) in [4.78, 5) is 18.6. The van der Waals surface area contributed by atoms with Crippen molar-refractivity contribution >= 4 is 6.29 Å². The molecule has 0 unspecified atom stereocenters. The molecule has 0 bridgehead atoms. The number of hydrogen-bond donors (Lipinski definition) is 0. The van der Waals surface area contributed by atoms with E-state index in [0.717, 1.165) is 18.5 Å². The first kappa shape index (κ1) is 9.84. The minimum Gasteiger partial charge on any atom is -0.296 e. The van der Waals surface area contributed by atoms with Gasteiger partial charge < -0.3 is 0 Å². The highest BCUT2D eigenvalue weighted by Gasteiger charge is 2.13. The minimum atomic E-state index is 0.154. The fourth-order valence-corrected chi connectivity index (χ4v) is 1.04. The van der Waals surface area contributed by atoms with E-state index in [2.05, 4.69) is 30.7 Å². The van der Waals surface area contributed by atoms with Crippen LogP contribution in [-0.2, 0) is 6.42 Å². The van der Waals surface area contributed by atoms with E-state index in [0.29, 0.717) is 5.69 Å². The first-order valence-corrected chi connectivity index (χ1v) is 4.28. The van der Waals surface area contributed by atoms with Crippen LogP contribution in [0.2, 0.25) is 0 Å². The predicted molar refractivity (Wildman–Crippen MR) is 50.6 cm³/mol. The van der Waals surface area contributed by atoms with Gasteiger partial charge in [0, 0.05) is 12.6 Å². The highest BCUT2D eigenvalue weighted by atomic mass is 16.1. The van der Waals surface area contributed by atoms with Crippen LogP contribution in [0.1, 0.15) is 37.1 Å². The molecule has 0 atom stereocenters. The topological polar surface area (TPSA) is 42.9 Å². The van der Waals surface area contributed by atoms with Gasteiger partial charge in [-0.3, -0.25) is 4.79 Å². The lowest BCUT2D eigenvalue weighted by atomic mass is 9.92. The molecular formula is C10H14N2O. The molecule has 0 aliphatic heterocycles. The summed E-state index contributed by atoms with van der Waals surface area (Å²) in [5.74, 6) is 0.733. The summed E-state index contributed by atoms with van der Waals surface area (Å²) in [5.41, 5.74) is 0.607. The molecule has 0 aromatic carbocycles. The van der Waals surface area contributed by atoms with Crippen LogP contribution in [-0.4, -0.2) is 16.3 Å². The van der Waals surface area contributed by atoms with E-state index >= 15 is 0 Å². The number of nitrogens with zero attached hydrogens (tertiary/aromatic N) is 2. The Morgan fingerprint density at radius 2 is 2.15 bits per heavy atom. The molecule has 0 radical (unpaired) electrons. The molecule has 0 saturated carbocycles. The van der Waals surface area contributed by atoms with E-state index in [1.165, 1.54) is 0 Å². The Kier molecular flexibility index (Phi) is 2.76. The molecular weight excluding hydrogens is 164 g/mol. The molecule has 0 fully saturated rings. The van der Waals surface area contributed by atoms with Gasteiger partial charge in [0.05, 0.1) is 0 Å². The van der Waals surface area contributed by atoms with Gasteiger partial charge in [0.25, 0.3) is 0 Å². The lowest BCUT2D eigenvalue weighted by Crippen LogP contribution is -2.12. The third-order valence-electron chi connectivity index (χ3n) is 1.54. The average Bonchev–Trinajstić information content (AvgIpc) is 2.01. The summed E-state index contributed by atoms with van der Waals surface area (Å²) in [6.45, 7) is 6.35. The second-order valence-electron chi connectivity index (χ2n) is 4.25. The number of rotatable bonds is 2. The molecule has 3 heteroatoms. The first-order chi connectivity index (χ1) is 6.01. The van der Waals surface area contributed by atoms with Crippen molar-refractivity contribution in [1.82, 2.24) is 9.97 Å². The fraction of sp³-hybridized carbons (Fsp3) is 0.500. The summed E-state index contributed by atoms with van der Waals surface area (Å²) in [5, 5.41) is 0. The van der Waals surface area contributed by atoms with E-state index in [1.807, 2.05) is 0 Å². The molecule has 0 aliphatic rings. The quantitative estimate of drug-likeness (QED) is 0.649. The van der Waals surface area contributed by atoms with E-state index in [-0.39, 0.29) is 5.41 Å². The number of hydrogen-bond acceptors (Lipinski definition) is 3. The number of aromatic nitrogens is 2. The molecule has 1 rings (SSSR count). The Bertz CT molecular complexity index is 302. The van der Waals surface area contributed by atoms with Crippen molar-refractivity contribution < 1.29 is 4.79 Å². The smallest absolute Gasteiger partial charge is 0.168 e. The van der Waals surface area contributed by atoms with Crippen LogP contribution < -0.4 is 0 Å². The molecule has 1 heterocycles. The first-order valence-electron chi connectivity index (χ1n) is 4.28. The third kappa shape index (κ3) is 3.32. The Morgan fingerprint density at radius 1 is 1.46 bits per heavy atom. The van der Waals surface area contributed by atoms with Gasteiger partial charge in [-0.25, -0.2) is 9.97 Å². The van der Waals surface area contributed by atoms with E-state index < -0.39 is 0 Å². The molecule has 1 aromatic rings. The zero-order valence-corrected chi connectivity index (χ0v) is 8.24. The average molecular weight is 178 g/mol. The van der Waals surface area contributed by atoms with Gasteiger partial charge in [0.15, 0.2) is 6.29 Å². The number of carbonyl (C=O) groups excluding carboxylic acids is 1. The van der Waals surface area contributed by atoms with Gasteiger partial charge >= 0.3 is 0 Å². The number of aldehydes is 1. The maximum atomic E-state index is 10.4. The molecule has 0 spiro atoms. The molecule has 3 nitrogen and oxygen atoms in total. The molecule has 0 N–H and O–H groups in total. The van der Waals surface area contributed by atoms with Gasteiger partial charge in [-0.15, -0.1) is 0 Å². The highest BCUT2D eigenvalue weighted by Crippen LogP contribution is 2.17. The second kappa shape index (κ2) is 3.64. The summed E-state index contributed by atoms with van der Waals surface area (Å²) in [6.07, 6.45) is 3.15. The van der Waals surface area contributed by atoms with Crippen molar-refractivity contribution in [1.29, 1.82) is 0 Å². The maximum absolute atomic E-state index is 10.4. The lowest BCUT2D eigenvalue weighted by molar-refractivity contribution is 0.111. The highest BCUT2D eigenvalue weighted by molar-refractivity contribution is 5.71. The van der Waals surface area contributed by atoms with Crippen molar-refractivity contribution in [2.75, 3.05) is 0 Å². The van der Waals surface area contributed by atoms with Crippen molar-refractivity contribution in [3.05, 3.63) is 23.8 Å². The summed E-state index contributed by atoms with van der Waals surface area (Å²) < 4.78 is 0. The van der Waals surface area contributed by atoms with E-state index in [1.54, 1.807) is 12.3 Å². The minimum absolute atomic E-state index is 0.154. The Morgan fingerprint density at radius 3 is 2.69 bits per heavy atom. The zero-order valence-electron chi connectivity index (χ0n) is 8.24. The van der Waals surface area contributed by atoms with Crippen LogP contribution >= 0.6 is 0 Å². The van der Waals surface area contributed by atoms with E-state index in [4.69, 9.17) is 0 Å². The standard InChI is InChI=1S/C10H14N2O/c1-10(2,3)6-9-11-5-4-8(7-13)12-9/h4-5,7H,6H2,1-3H3. The Balaban J connectivity index is 2.84. The number of carbonyl (C=O) groups is 1. The fourth-order valence-electron chi connectivity index (χ4n) is 1.04. The van der Waals surface area contributed by atoms with Gasteiger partial charge in [-0.2, -0.15) is 0 Å². The SMILES string of the molecule is CC(C)(C)Cc1nccc(C=O)n1. The largest absolute Gasteiger partial charge is 0.296 e. The normalized spacial score (nSPS) is 11.3. The van der Waals surface area contributed by atoms with Gasteiger partial charge in [-0.1, -0.05) is 20.8 Å². The van der Waals surface area contributed by atoms with E-state index in [9.17, 15) is 4.79 Å². The van der Waals surface area contributed by atoms with Crippen molar-refractivity contribution in [2.45, 2.75) is 27.2 Å². The van der Waals surface area contributed by atoms with Gasteiger partial charge in [0.2, 0.25) is 0 Å². The monoisotopic (exact) mass is 178 g/mol. The van der Waals surface area contributed by atoms with Crippen LogP contribution in [0.15, 0.2) is 12.3 Å². The molecule has 0 saturated heterocycles. The second-order valence-corrected chi connectivity index (χ2v) is 4.25. The van der Waals surface area contributed by atoms with Crippen LogP contribution in [0, 0.1) is 5.41 Å². The summed E-state index contributed by atoms with van der Waals surface area (Å²) in [7, 11) is 0. The molecule has 1 aromatic heterocycles. The molecule has 0 amide bonds. The van der Waals surface area contributed by atoms with Crippen LogP contribution in [0.3, 0.4) is 0 Å². The zero-order chi connectivity index (χ0) is 9.90. The molecule has 70 valence electrons. The van der Waals surface area contributed by atoms with Crippen LogP contribution in [0.5, 0.6) is 0 Å². The van der Waals surface area contributed by atoms with Crippen molar-refractivity contribution in [2.24, 2.45) is 5.41 Å². The van der Waals surface area contributed by atoms with Gasteiger partial charge in [-0.05, 0) is 11.5 Å². The summed E-state index contributed by atoms with van der Waals surface area (Å²) in [6, 6.07) is 1.61. The Hall–Kier alpha value is -1.25. The predicted octanol–water partition coefficient (Wildman–Crippen LogP) is 1.88. The molecule has 13 heavy (non-hydrogen) atoms. The lowest BCUT2D eigenvalue weighted by Gasteiger charge is -2.16. The van der Waals surface area contributed by atoms with Crippen LogP contribution in [0.25, 0.3) is 0 Å². The van der Waals surface area contributed by atoms with Crippen molar-refractivity contribution in [3.8, 4) is 0 Å².